The van der Waals surface area contributed by atoms with E-state index in [1.54, 1.807) is 56.3 Å². The molecule has 0 bridgehead atoms. The molecule has 1 amide bonds. The average molecular weight is 418 g/mol. The topological polar surface area (TPSA) is 87.5 Å². The molecular formula is C23H22N4O4. The predicted octanol–water partition coefficient (Wildman–Crippen LogP) is 3.76. The van der Waals surface area contributed by atoms with Crippen molar-refractivity contribution in [2.75, 3.05) is 26.6 Å². The van der Waals surface area contributed by atoms with E-state index in [2.05, 4.69) is 15.6 Å². The summed E-state index contributed by atoms with van der Waals surface area (Å²) in [5.41, 5.74) is 3.56. The Labute approximate surface area is 179 Å². The van der Waals surface area contributed by atoms with Crippen molar-refractivity contribution in [3.8, 4) is 17.2 Å². The number of anilines is 1. The summed E-state index contributed by atoms with van der Waals surface area (Å²) in [6.45, 7) is 0.544. The second-order valence-electron chi connectivity index (χ2n) is 6.86. The molecule has 4 aromatic rings. The van der Waals surface area contributed by atoms with Gasteiger partial charge in [-0.05, 0) is 35.9 Å². The van der Waals surface area contributed by atoms with Crippen LogP contribution in [0.4, 0.5) is 5.69 Å². The summed E-state index contributed by atoms with van der Waals surface area (Å²) < 4.78 is 17.6. The lowest BCUT2D eigenvalue weighted by molar-refractivity contribution is 0.102. The first-order chi connectivity index (χ1) is 15.1. The van der Waals surface area contributed by atoms with Gasteiger partial charge in [0.25, 0.3) is 5.91 Å². The van der Waals surface area contributed by atoms with Gasteiger partial charge < -0.3 is 19.5 Å². The van der Waals surface area contributed by atoms with Gasteiger partial charge in [0, 0.05) is 29.4 Å². The molecule has 0 aliphatic rings. The largest absolute Gasteiger partial charge is 0.497 e. The molecule has 0 unspecified atom stereocenters. The van der Waals surface area contributed by atoms with Crippen LogP contribution >= 0.6 is 0 Å². The van der Waals surface area contributed by atoms with Crippen molar-refractivity contribution >= 4 is 22.6 Å². The highest BCUT2D eigenvalue weighted by Gasteiger charge is 2.12. The summed E-state index contributed by atoms with van der Waals surface area (Å²) in [5.74, 6) is 1.70. The minimum absolute atomic E-state index is 0.264. The number of methoxy groups -OCH3 is 3. The molecule has 1 heterocycles. The van der Waals surface area contributed by atoms with Crippen LogP contribution in [-0.4, -0.2) is 42.2 Å². The van der Waals surface area contributed by atoms with E-state index in [4.69, 9.17) is 14.2 Å². The fourth-order valence-corrected chi connectivity index (χ4v) is 3.26. The number of aromatic nitrogens is 3. The molecule has 158 valence electrons. The SMILES string of the molecule is COc1cccc(Cn2nnc3cc(C(=O)Nc4cc(OC)cc(OC)c4)ccc32)c1. The minimum atomic E-state index is -0.264. The minimum Gasteiger partial charge on any atom is -0.497 e. The van der Waals surface area contributed by atoms with E-state index in [9.17, 15) is 4.79 Å². The molecule has 0 radical (unpaired) electrons. The summed E-state index contributed by atoms with van der Waals surface area (Å²) in [4.78, 5) is 12.8. The number of hydrogen-bond acceptors (Lipinski definition) is 6. The first-order valence-corrected chi connectivity index (χ1v) is 9.60. The Bertz CT molecular complexity index is 1210. The number of fused-ring (bicyclic) bond motifs is 1. The molecule has 0 fully saturated rings. The molecule has 1 aromatic heterocycles. The smallest absolute Gasteiger partial charge is 0.255 e. The third-order valence-corrected chi connectivity index (χ3v) is 4.85. The molecule has 4 rings (SSSR count). The predicted molar refractivity (Wildman–Crippen MR) is 117 cm³/mol. The highest BCUT2D eigenvalue weighted by molar-refractivity contribution is 6.06. The van der Waals surface area contributed by atoms with Crippen LogP contribution in [-0.2, 0) is 6.54 Å². The Morgan fingerprint density at radius 2 is 1.65 bits per heavy atom. The highest BCUT2D eigenvalue weighted by atomic mass is 16.5. The lowest BCUT2D eigenvalue weighted by Crippen LogP contribution is -2.12. The van der Waals surface area contributed by atoms with Crippen LogP contribution < -0.4 is 19.5 Å². The number of benzene rings is 3. The van der Waals surface area contributed by atoms with Crippen molar-refractivity contribution in [1.29, 1.82) is 0 Å². The van der Waals surface area contributed by atoms with Crippen molar-refractivity contribution < 1.29 is 19.0 Å². The van der Waals surface area contributed by atoms with Crippen molar-refractivity contribution in [3.63, 3.8) is 0 Å². The number of rotatable bonds is 7. The third kappa shape index (κ3) is 4.42. The van der Waals surface area contributed by atoms with E-state index >= 15 is 0 Å². The first kappa shape index (κ1) is 20.2. The van der Waals surface area contributed by atoms with Crippen LogP contribution in [0.5, 0.6) is 17.2 Å². The second-order valence-corrected chi connectivity index (χ2v) is 6.86. The summed E-state index contributed by atoms with van der Waals surface area (Å²) in [5, 5.41) is 11.3. The average Bonchev–Trinajstić information content (AvgIpc) is 3.20. The third-order valence-electron chi connectivity index (χ3n) is 4.85. The standard InChI is InChI=1S/C23H22N4O4/c1-29-18-6-4-5-15(9-18)14-27-22-8-7-16(10-21(22)25-26-27)23(28)24-17-11-19(30-2)13-20(12-17)31-3/h4-13H,14H2,1-3H3,(H,24,28). The molecule has 8 nitrogen and oxygen atoms in total. The Morgan fingerprint density at radius 3 is 2.35 bits per heavy atom. The van der Waals surface area contributed by atoms with Gasteiger partial charge in [-0.2, -0.15) is 0 Å². The van der Waals surface area contributed by atoms with Crippen LogP contribution in [0.3, 0.4) is 0 Å². The number of hydrogen-bond donors (Lipinski definition) is 1. The Balaban J connectivity index is 1.55. The van der Waals surface area contributed by atoms with Crippen LogP contribution in [0.15, 0.2) is 60.7 Å². The molecule has 0 aliphatic heterocycles. The second kappa shape index (κ2) is 8.74. The Kier molecular flexibility index (Phi) is 5.70. The monoisotopic (exact) mass is 418 g/mol. The number of ether oxygens (including phenoxy) is 3. The van der Waals surface area contributed by atoms with Gasteiger partial charge in [-0.25, -0.2) is 4.68 Å². The van der Waals surface area contributed by atoms with Gasteiger partial charge in [0.2, 0.25) is 0 Å². The van der Waals surface area contributed by atoms with Crippen LogP contribution in [0, 0.1) is 0 Å². The Morgan fingerprint density at radius 1 is 0.903 bits per heavy atom. The van der Waals surface area contributed by atoms with E-state index in [0.29, 0.717) is 34.8 Å². The molecular weight excluding hydrogens is 396 g/mol. The van der Waals surface area contributed by atoms with Gasteiger partial charge in [-0.3, -0.25) is 4.79 Å². The van der Waals surface area contributed by atoms with E-state index in [1.165, 1.54) is 0 Å². The lowest BCUT2D eigenvalue weighted by Gasteiger charge is -2.10. The van der Waals surface area contributed by atoms with Gasteiger partial charge in [0.15, 0.2) is 0 Å². The zero-order valence-corrected chi connectivity index (χ0v) is 17.5. The highest BCUT2D eigenvalue weighted by Crippen LogP contribution is 2.26. The number of nitrogens with zero attached hydrogens (tertiary/aromatic N) is 3. The van der Waals surface area contributed by atoms with Crippen molar-refractivity contribution in [3.05, 3.63) is 71.8 Å². The molecule has 3 aromatic carbocycles. The summed E-state index contributed by atoms with van der Waals surface area (Å²) >= 11 is 0. The summed E-state index contributed by atoms with van der Waals surface area (Å²) in [6.07, 6.45) is 0. The molecule has 0 aliphatic carbocycles. The van der Waals surface area contributed by atoms with E-state index < -0.39 is 0 Å². The molecule has 1 N–H and O–H groups in total. The number of nitrogens with one attached hydrogen (secondary N) is 1. The van der Waals surface area contributed by atoms with E-state index in [0.717, 1.165) is 16.8 Å². The maximum absolute atomic E-state index is 12.8. The molecule has 0 atom stereocenters. The number of amides is 1. The maximum Gasteiger partial charge on any atom is 0.255 e. The van der Waals surface area contributed by atoms with E-state index in [1.807, 2.05) is 30.3 Å². The molecule has 31 heavy (non-hydrogen) atoms. The van der Waals surface area contributed by atoms with Gasteiger partial charge in [-0.1, -0.05) is 17.3 Å². The van der Waals surface area contributed by atoms with Crippen molar-refractivity contribution in [2.45, 2.75) is 6.54 Å². The van der Waals surface area contributed by atoms with Gasteiger partial charge in [0.1, 0.15) is 22.8 Å². The first-order valence-electron chi connectivity index (χ1n) is 9.60. The zero-order chi connectivity index (χ0) is 21.8. The molecule has 0 saturated carbocycles. The van der Waals surface area contributed by atoms with Crippen LogP contribution in [0.1, 0.15) is 15.9 Å². The van der Waals surface area contributed by atoms with Gasteiger partial charge in [0.05, 0.1) is 33.4 Å². The fourth-order valence-electron chi connectivity index (χ4n) is 3.26. The van der Waals surface area contributed by atoms with Crippen LogP contribution in [0.2, 0.25) is 0 Å². The van der Waals surface area contributed by atoms with Crippen LogP contribution in [0.25, 0.3) is 11.0 Å². The summed E-state index contributed by atoms with van der Waals surface area (Å²) in [7, 11) is 4.75. The molecule has 0 spiro atoms. The number of carbonyl (C=O) groups excluding carboxylic acids is 1. The fraction of sp³-hybridized carbons (Fsp3) is 0.174. The zero-order valence-electron chi connectivity index (χ0n) is 17.5. The Hall–Kier alpha value is -4.07. The maximum atomic E-state index is 12.8. The lowest BCUT2D eigenvalue weighted by atomic mass is 10.1. The van der Waals surface area contributed by atoms with Crippen molar-refractivity contribution in [1.82, 2.24) is 15.0 Å². The quantitative estimate of drug-likeness (QED) is 0.492. The molecule has 8 heteroatoms. The normalized spacial score (nSPS) is 10.7. The number of carbonyl (C=O) groups is 1. The van der Waals surface area contributed by atoms with Crippen molar-refractivity contribution in [2.24, 2.45) is 0 Å². The van der Waals surface area contributed by atoms with Gasteiger partial charge >= 0.3 is 0 Å². The van der Waals surface area contributed by atoms with Gasteiger partial charge in [-0.15, -0.1) is 5.10 Å². The molecule has 0 saturated heterocycles. The van der Waals surface area contributed by atoms with E-state index in [-0.39, 0.29) is 5.91 Å². The summed E-state index contributed by atoms with van der Waals surface area (Å²) in [6, 6.07) is 18.3.